The van der Waals surface area contributed by atoms with Gasteiger partial charge in [0, 0.05) is 11.8 Å². The molecule has 0 saturated heterocycles. The highest BCUT2D eigenvalue weighted by atomic mass is 35.5. The number of hydrogen-bond acceptors (Lipinski definition) is 4. The summed E-state index contributed by atoms with van der Waals surface area (Å²) in [6.45, 7) is 1.77. The summed E-state index contributed by atoms with van der Waals surface area (Å²) in [6.07, 6.45) is -3.04. The molecular weight excluding hydrogens is 404 g/mol. The molecule has 0 amide bonds. The van der Waals surface area contributed by atoms with Gasteiger partial charge in [0.1, 0.15) is 17.2 Å². The van der Waals surface area contributed by atoms with Crippen LogP contribution in [-0.2, 0) is 6.18 Å². The van der Waals surface area contributed by atoms with E-state index in [2.05, 4.69) is 9.97 Å². The van der Waals surface area contributed by atoms with Crippen LogP contribution in [0.3, 0.4) is 0 Å². The summed E-state index contributed by atoms with van der Waals surface area (Å²) in [5.41, 5.74) is -0.265. The first-order chi connectivity index (χ1) is 12.7. The van der Waals surface area contributed by atoms with Gasteiger partial charge < -0.3 is 9.47 Å². The third-order valence-corrected chi connectivity index (χ3v) is 3.92. The number of rotatable bonds is 4. The number of aryl methyl sites for hydroxylation is 1. The highest BCUT2D eigenvalue weighted by Crippen LogP contribution is 2.38. The number of nitrogens with zero attached hydrogens (tertiary/aromatic N) is 2. The van der Waals surface area contributed by atoms with Crippen molar-refractivity contribution in [1.29, 1.82) is 0 Å². The Kier molecular flexibility index (Phi) is 5.43. The average Bonchev–Trinajstić information content (AvgIpc) is 2.60. The van der Waals surface area contributed by atoms with Crippen molar-refractivity contribution in [1.82, 2.24) is 9.97 Å². The molecule has 0 unspecified atom stereocenters. The van der Waals surface area contributed by atoms with E-state index in [1.54, 1.807) is 31.2 Å². The van der Waals surface area contributed by atoms with Gasteiger partial charge in [-0.05, 0) is 61.0 Å². The molecule has 0 fully saturated rings. The van der Waals surface area contributed by atoms with Crippen LogP contribution < -0.4 is 9.47 Å². The van der Waals surface area contributed by atoms with E-state index in [1.807, 2.05) is 0 Å². The van der Waals surface area contributed by atoms with Crippen LogP contribution in [0.25, 0.3) is 0 Å². The van der Waals surface area contributed by atoms with Crippen molar-refractivity contribution in [3.05, 3.63) is 70.1 Å². The Balaban J connectivity index is 1.76. The lowest BCUT2D eigenvalue weighted by Gasteiger charge is -2.12. The molecule has 3 rings (SSSR count). The van der Waals surface area contributed by atoms with E-state index in [9.17, 15) is 13.2 Å². The molecule has 27 heavy (non-hydrogen) atoms. The molecule has 3 aromatic rings. The molecule has 0 N–H and O–H groups in total. The maximum absolute atomic E-state index is 12.9. The fourth-order valence-electron chi connectivity index (χ4n) is 2.12. The zero-order valence-electron chi connectivity index (χ0n) is 13.7. The Bertz CT molecular complexity index is 964. The molecule has 1 heterocycles. The van der Waals surface area contributed by atoms with Crippen LogP contribution in [0.1, 0.15) is 11.1 Å². The summed E-state index contributed by atoms with van der Waals surface area (Å²) in [7, 11) is 0. The second-order valence-corrected chi connectivity index (χ2v) is 6.19. The van der Waals surface area contributed by atoms with Crippen molar-refractivity contribution in [3.8, 4) is 23.1 Å². The van der Waals surface area contributed by atoms with E-state index in [4.69, 9.17) is 32.7 Å². The molecule has 0 aliphatic carbocycles. The number of benzene rings is 2. The van der Waals surface area contributed by atoms with Gasteiger partial charge in [-0.15, -0.1) is 0 Å². The van der Waals surface area contributed by atoms with Crippen molar-refractivity contribution in [3.63, 3.8) is 0 Å². The van der Waals surface area contributed by atoms with Crippen LogP contribution >= 0.6 is 23.2 Å². The second-order valence-electron chi connectivity index (χ2n) is 5.44. The summed E-state index contributed by atoms with van der Waals surface area (Å²) in [5.74, 6) is 1.09. The van der Waals surface area contributed by atoms with E-state index >= 15 is 0 Å². The second kappa shape index (κ2) is 7.62. The zero-order valence-corrected chi connectivity index (χ0v) is 15.2. The molecule has 0 aliphatic rings. The minimum atomic E-state index is -4.56. The van der Waals surface area contributed by atoms with Crippen molar-refractivity contribution < 1.29 is 22.6 Å². The normalized spacial score (nSPS) is 11.3. The number of ether oxygens (including phenoxy) is 2. The van der Waals surface area contributed by atoms with Gasteiger partial charge in [-0.2, -0.15) is 18.2 Å². The Morgan fingerprint density at radius 1 is 0.889 bits per heavy atom. The smallest absolute Gasteiger partial charge is 0.417 e. The summed E-state index contributed by atoms with van der Waals surface area (Å²) >= 11 is 11.3. The Hall–Kier alpha value is -2.51. The Labute approximate surface area is 162 Å². The topological polar surface area (TPSA) is 44.2 Å². The third-order valence-electron chi connectivity index (χ3n) is 3.41. The van der Waals surface area contributed by atoms with Crippen molar-refractivity contribution in [2.75, 3.05) is 0 Å². The molecule has 0 spiro atoms. The quantitative estimate of drug-likeness (QED) is 0.445. The lowest BCUT2D eigenvalue weighted by Crippen LogP contribution is -2.05. The lowest BCUT2D eigenvalue weighted by atomic mass is 10.2. The first-order valence-electron chi connectivity index (χ1n) is 7.54. The number of aromatic nitrogens is 2. The molecule has 1 aromatic heterocycles. The number of halogens is 5. The van der Waals surface area contributed by atoms with Crippen LogP contribution in [0.4, 0.5) is 13.2 Å². The SMILES string of the molecule is Cc1cnc(Cl)nc1Oc1ccc(Oc2ccc(Cl)c(C(F)(F)F)c2)cc1. The van der Waals surface area contributed by atoms with E-state index in [-0.39, 0.29) is 11.0 Å². The van der Waals surface area contributed by atoms with E-state index < -0.39 is 16.8 Å². The van der Waals surface area contributed by atoms with Gasteiger partial charge in [0.2, 0.25) is 11.2 Å². The van der Waals surface area contributed by atoms with Gasteiger partial charge >= 0.3 is 6.18 Å². The molecule has 0 aliphatic heterocycles. The summed E-state index contributed by atoms with van der Waals surface area (Å²) in [5, 5.41) is -0.337. The first-order valence-corrected chi connectivity index (χ1v) is 8.29. The Morgan fingerprint density at radius 2 is 1.48 bits per heavy atom. The highest BCUT2D eigenvalue weighted by Gasteiger charge is 2.33. The largest absolute Gasteiger partial charge is 0.457 e. The predicted octanol–water partition coefficient (Wildman–Crippen LogP) is 6.70. The number of hydrogen-bond donors (Lipinski definition) is 0. The molecular formula is C18H11Cl2F3N2O2. The van der Waals surface area contributed by atoms with Crippen molar-refractivity contribution in [2.24, 2.45) is 0 Å². The van der Waals surface area contributed by atoms with Crippen LogP contribution in [-0.4, -0.2) is 9.97 Å². The molecule has 4 nitrogen and oxygen atoms in total. The highest BCUT2D eigenvalue weighted by molar-refractivity contribution is 6.31. The third kappa shape index (κ3) is 4.81. The average molecular weight is 415 g/mol. The molecule has 140 valence electrons. The molecule has 0 atom stereocenters. The fourth-order valence-corrected chi connectivity index (χ4v) is 2.47. The Morgan fingerprint density at radius 3 is 2.11 bits per heavy atom. The van der Waals surface area contributed by atoms with E-state index in [1.165, 1.54) is 12.3 Å². The van der Waals surface area contributed by atoms with E-state index in [0.29, 0.717) is 22.9 Å². The molecule has 9 heteroatoms. The minimum absolute atomic E-state index is 0.0128. The van der Waals surface area contributed by atoms with Crippen molar-refractivity contribution >= 4 is 23.2 Å². The molecule has 0 bridgehead atoms. The van der Waals surface area contributed by atoms with Crippen LogP contribution in [0.15, 0.2) is 48.7 Å². The molecule has 2 aromatic carbocycles. The van der Waals surface area contributed by atoms with E-state index in [0.717, 1.165) is 12.1 Å². The van der Waals surface area contributed by atoms with Crippen molar-refractivity contribution in [2.45, 2.75) is 13.1 Å². The van der Waals surface area contributed by atoms with Gasteiger partial charge in [-0.3, -0.25) is 0 Å². The molecule has 0 radical (unpaired) electrons. The van der Waals surface area contributed by atoms with Crippen LogP contribution in [0, 0.1) is 6.92 Å². The summed E-state index contributed by atoms with van der Waals surface area (Å²) in [6, 6.07) is 9.62. The monoisotopic (exact) mass is 414 g/mol. The van der Waals surface area contributed by atoms with Gasteiger partial charge in [0.05, 0.1) is 10.6 Å². The fraction of sp³-hybridized carbons (Fsp3) is 0.111. The molecule has 0 saturated carbocycles. The van der Waals surface area contributed by atoms with Crippen LogP contribution in [0.5, 0.6) is 23.1 Å². The standard InChI is InChI=1S/C18H11Cl2F3N2O2/c1-10-9-24-17(20)25-16(10)27-12-4-2-11(3-5-12)26-13-6-7-15(19)14(8-13)18(21,22)23/h2-9H,1H3. The maximum atomic E-state index is 12.9. The first kappa shape index (κ1) is 19.3. The van der Waals surface area contributed by atoms with Gasteiger partial charge in [-0.1, -0.05) is 11.6 Å². The summed E-state index contributed by atoms with van der Waals surface area (Å²) < 4.78 is 49.8. The zero-order chi connectivity index (χ0) is 19.6. The van der Waals surface area contributed by atoms with Gasteiger partial charge in [0.25, 0.3) is 0 Å². The maximum Gasteiger partial charge on any atom is 0.417 e. The van der Waals surface area contributed by atoms with Crippen LogP contribution in [0.2, 0.25) is 10.3 Å². The minimum Gasteiger partial charge on any atom is -0.457 e. The van der Waals surface area contributed by atoms with Gasteiger partial charge in [0.15, 0.2) is 0 Å². The lowest BCUT2D eigenvalue weighted by molar-refractivity contribution is -0.137. The summed E-state index contributed by atoms with van der Waals surface area (Å²) in [4.78, 5) is 7.82. The predicted molar refractivity (Wildman–Crippen MR) is 94.8 cm³/mol. The number of alkyl halides is 3. The van der Waals surface area contributed by atoms with Gasteiger partial charge in [-0.25, -0.2) is 4.98 Å².